The summed E-state index contributed by atoms with van der Waals surface area (Å²) in [6.45, 7) is 0. The Hall–Kier alpha value is -2.76. The number of carbonyl (C=O) groups excluding carboxylic acids is 1. The van der Waals surface area contributed by atoms with Crippen LogP contribution in [-0.4, -0.2) is 26.1 Å². The highest BCUT2D eigenvalue weighted by Crippen LogP contribution is 2.09. The van der Waals surface area contributed by atoms with E-state index in [0.717, 1.165) is 10.9 Å². The van der Waals surface area contributed by atoms with E-state index >= 15 is 0 Å². The number of amides is 1. The van der Waals surface area contributed by atoms with Crippen molar-refractivity contribution < 1.29 is 4.79 Å². The second-order valence-corrected chi connectivity index (χ2v) is 4.40. The maximum absolute atomic E-state index is 11.8. The van der Waals surface area contributed by atoms with E-state index in [4.69, 9.17) is 0 Å². The zero-order chi connectivity index (χ0) is 13.8. The van der Waals surface area contributed by atoms with Gasteiger partial charge in [-0.2, -0.15) is 10.1 Å². The number of hydrogen-bond donors (Lipinski definition) is 2. The van der Waals surface area contributed by atoms with Crippen molar-refractivity contribution in [3.05, 3.63) is 48.3 Å². The van der Waals surface area contributed by atoms with Gasteiger partial charge in [0.2, 0.25) is 11.9 Å². The maximum Gasteiger partial charge on any atom is 0.231 e. The van der Waals surface area contributed by atoms with E-state index in [-0.39, 0.29) is 5.91 Å². The number of hydrogen-bond acceptors (Lipinski definition) is 4. The number of anilines is 1. The molecule has 0 bridgehead atoms. The highest BCUT2D eigenvalue weighted by Gasteiger charge is 2.06. The van der Waals surface area contributed by atoms with Crippen LogP contribution in [0.1, 0.15) is 12.0 Å². The van der Waals surface area contributed by atoms with Gasteiger partial charge < -0.3 is 0 Å². The summed E-state index contributed by atoms with van der Waals surface area (Å²) in [6, 6.07) is 9.88. The lowest BCUT2D eigenvalue weighted by Gasteiger charge is -2.03. The summed E-state index contributed by atoms with van der Waals surface area (Å²) in [5.41, 5.74) is 1.74. The summed E-state index contributed by atoms with van der Waals surface area (Å²) < 4.78 is 0. The van der Waals surface area contributed by atoms with Gasteiger partial charge >= 0.3 is 0 Å². The van der Waals surface area contributed by atoms with Crippen molar-refractivity contribution in [1.29, 1.82) is 0 Å². The Morgan fingerprint density at radius 2 is 2.05 bits per heavy atom. The van der Waals surface area contributed by atoms with E-state index in [1.807, 2.05) is 30.3 Å². The molecule has 0 unspecified atom stereocenters. The monoisotopic (exact) mass is 267 g/mol. The standard InChI is InChI=1S/C14H13N5O/c20-12(7-6-10-4-2-1-3-5-10)17-14-15-8-11-9-16-19-13(11)18-14/h1-5,8-9H,6-7H2,(H2,15,16,17,18,19,20). The quantitative estimate of drug-likeness (QED) is 0.756. The van der Waals surface area contributed by atoms with Crippen LogP contribution in [0.3, 0.4) is 0 Å². The average Bonchev–Trinajstić information content (AvgIpc) is 2.94. The van der Waals surface area contributed by atoms with Gasteiger partial charge in [0.15, 0.2) is 5.65 Å². The Kier molecular flexibility index (Phi) is 3.36. The predicted molar refractivity (Wildman–Crippen MR) is 75.1 cm³/mol. The zero-order valence-corrected chi connectivity index (χ0v) is 10.7. The molecule has 0 aliphatic heterocycles. The van der Waals surface area contributed by atoms with Gasteiger partial charge in [0.25, 0.3) is 0 Å². The molecule has 0 atom stereocenters. The molecule has 0 aliphatic rings. The van der Waals surface area contributed by atoms with E-state index in [1.54, 1.807) is 12.4 Å². The molecular weight excluding hydrogens is 254 g/mol. The Labute approximate surface area is 115 Å². The van der Waals surface area contributed by atoms with Crippen molar-refractivity contribution in [2.75, 3.05) is 5.32 Å². The average molecular weight is 267 g/mol. The number of aromatic nitrogens is 4. The van der Waals surface area contributed by atoms with Crippen LogP contribution in [0, 0.1) is 0 Å². The van der Waals surface area contributed by atoms with Crippen LogP contribution in [0.2, 0.25) is 0 Å². The minimum absolute atomic E-state index is 0.104. The summed E-state index contributed by atoms with van der Waals surface area (Å²) >= 11 is 0. The molecule has 20 heavy (non-hydrogen) atoms. The third-order valence-corrected chi connectivity index (χ3v) is 2.93. The lowest BCUT2D eigenvalue weighted by atomic mass is 10.1. The molecule has 0 radical (unpaired) electrons. The van der Waals surface area contributed by atoms with E-state index < -0.39 is 0 Å². The van der Waals surface area contributed by atoms with Crippen molar-refractivity contribution in [3.8, 4) is 0 Å². The van der Waals surface area contributed by atoms with Crippen LogP contribution < -0.4 is 5.32 Å². The second-order valence-electron chi connectivity index (χ2n) is 4.40. The summed E-state index contributed by atoms with van der Waals surface area (Å²) in [7, 11) is 0. The number of rotatable bonds is 4. The highest BCUT2D eigenvalue weighted by atomic mass is 16.1. The number of nitrogens with one attached hydrogen (secondary N) is 2. The first-order chi connectivity index (χ1) is 9.81. The fraction of sp³-hybridized carbons (Fsp3) is 0.143. The fourth-order valence-corrected chi connectivity index (χ4v) is 1.89. The number of H-pyrrole nitrogens is 1. The third kappa shape index (κ3) is 2.80. The Balaban J connectivity index is 1.61. The molecular formula is C14H13N5O. The molecule has 0 aliphatic carbocycles. The van der Waals surface area contributed by atoms with Crippen molar-refractivity contribution >= 4 is 22.9 Å². The molecule has 0 saturated heterocycles. The molecule has 3 rings (SSSR count). The van der Waals surface area contributed by atoms with E-state index in [0.29, 0.717) is 24.4 Å². The van der Waals surface area contributed by atoms with Crippen LogP contribution in [0.5, 0.6) is 0 Å². The normalized spacial score (nSPS) is 10.6. The second kappa shape index (κ2) is 5.48. The number of carbonyl (C=O) groups is 1. The van der Waals surface area contributed by atoms with Gasteiger partial charge in [-0.15, -0.1) is 0 Å². The molecule has 3 aromatic rings. The molecule has 0 fully saturated rings. The molecule has 6 nitrogen and oxygen atoms in total. The molecule has 0 spiro atoms. The van der Waals surface area contributed by atoms with Crippen molar-refractivity contribution in [3.63, 3.8) is 0 Å². The Morgan fingerprint density at radius 1 is 1.20 bits per heavy atom. The van der Waals surface area contributed by atoms with Crippen molar-refractivity contribution in [2.24, 2.45) is 0 Å². The predicted octanol–water partition coefficient (Wildman–Crippen LogP) is 1.92. The van der Waals surface area contributed by atoms with Crippen LogP contribution in [-0.2, 0) is 11.2 Å². The number of aryl methyl sites for hydroxylation is 1. The number of benzene rings is 1. The van der Waals surface area contributed by atoms with Gasteiger partial charge in [0.05, 0.1) is 11.6 Å². The summed E-state index contributed by atoms with van der Waals surface area (Å²) in [4.78, 5) is 20.1. The number of aromatic amines is 1. The molecule has 2 N–H and O–H groups in total. The summed E-state index contributed by atoms with van der Waals surface area (Å²) in [6.07, 6.45) is 4.35. The number of fused-ring (bicyclic) bond motifs is 1. The molecule has 100 valence electrons. The van der Waals surface area contributed by atoms with E-state index in [9.17, 15) is 4.79 Å². The SMILES string of the molecule is O=C(CCc1ccccc1)Nc1ncc2cn[nH]c2n1. The first-order valence-corrected chi connectivity index (χ1v) is 6.31. The minimum atomic E-state index is -0.104. The topological polar surface area (TPSA) is 83.6 Å². The Bertz CT molecular complexity index is 723. The molecule has 0 saturated carbocycles. The first kappa shape index (κ1) is 12.3. The molecule has 2 aromatic heterocycles. The lowest BCUT2D eigenvalue weighted by molar-refractivity contribution is -0.116. The van der Waals surface area contributed by atoms with Gasteiger partial charge in [0, 0.05) is 12.6 Å². The Morgan fingerprint density at radius 3 is 2.90 bits per heavy atom. The van der Waals surface area contributed by atoms with Crippen LogP contribution in [0.4, 0.5) is 5.95 Å². The molecule has 1 amide bonds. The fourth-order valence-electron chi connectivity index (χ4n) is 1.89. The smallest absolute Gasteiger partial charge is 0.231 e. The third-order valence-electron chi connectivity index (χ3n) is 2.93. The van der Waals surface area contributed by atoms with Crippen molar-refractivity contribution in [2.45, 2.75) is 12.8 Å². The van der Waals surface area contributed by atoms with Crippen LogP contribution in [0.15, 0.2) is 42.7 Å². The number of nitrogens with zero attached hydrogens (tertiary/aromatic N) is 3. The van der Waals surface area contributed by atoms with Gasteiger partial charge in [-0.1, -0.05) is 30.3 Å². The summed E-state index contributed by atoms with van der Waals surface area (Å²) in [5, 5.41) is 10.1. The van der Waals surface area contributed by atoms with Crippen molar-refractivity contribution in [1.82, 2.24) is 20.2 Å². The van der Waals surface area contributed by atoms with E-state index in [2.05, 4.69) is 25.5 Å². The highest BCUT2D eigenvalue weighted by molar-refractivity contribution is 5.89. The van der Waals surface area contributed by atoms with E-state index in [1.165, 1.54) is 0 Å². The molecule has 2 heterocycles. The minimum Gasteiger partial charge on any atom is -0.294 e. The van der Waals surface area contributed by atoms with Gasteiger partial charge in [0.1, 0.15) is 0 Å². The van der Waals surface area contributed by atoms with Crippen LogP contribution in [0.25, 0.3) is 11.0 Å². The van der Waals surface area contributed by atoms with Gasteiger partial charge in [-0.3, -0.25) is 15.2 Å². The zero-order valence-electron chi connectivity index (χ0n) is 10.7. The van der Waals surface area contributed by atoms with Gasteiger partial charge in [-0.05, 0) is 12.0 Å². The van der Waals surface area contributed by atoms with Crippen LogP contribution >= 0.6 is 0 Å². The maximum atomic E-state index is 11.8. The first-order valence-electron chi connectivity index (χ1n) is 6.31. The summed E-state index contributed by atoms with van der Waals surface area (Å²) in [5.74, 6) is 0.188. The lowest BCUT2D eigenvalue weighted by Crippen LogP contribution is -2.14. The molecule has 1 aromatic carbocycles. The van der Waals surface area contributed by atoms with Gasteiger partial charge in [-0.25, -0.2) is 4.98 Å². The largest absolute Gasteiger partial charge is 0.294 e. The molecule has 6 heteroatoms.